The lowest BCUT2D eigenvalue weighted by atomic mass is 10.2. The zero-order valence-electron chi connectivity index (χ0n) is 14.3. The van der Waals surface area contributed by atoms with Crippen LogP contribution in [0, 0.1) is 0 Å². The van der Waals surface area contributed by atoms with Crippen molar-refractivity contribution >= 4 is 17.4 Å². The van der Waals surface area contributed by atoms with E-state index in [9.17, 15) is 4.79 Å². The number of nitrogens with one attached hydrogen (secondary N) is 1. The minimum atomic E-state index is 0.00133. The monoisotopic (exact) mass is 316 g/mol. The van der Waals surface area contributed by atoms with Crippen molar-refractivity contribution in [2.24, 2.45) is 0 Å². The third kappa shape index (κ3) is 4.41. The first-order chi connectivity index (χ1) is 11.2. The van der Waals surface area contributed by atoms with E-state index in [4.69, 9.17) is 0 Å². The van der Waals surface area contributed by atoms with Gasteiger partial charge in [0.05, 0.1) is 0 Å². The zero-order chi connectivity index (χ0) is 16.7. The number of hydrogen-bond acceptors (Lipinski definition) is 3. The second-order valence-corrected chi connectivity index (χ2v) is 5.64. The number of carbonyl (C=O) groups is 1. The van der Waals surface area contributed by atoms with Gasteiger partial charge in [-0.3, -0.25) is 0 Å². The number of hydrogen-bond donors (Lipinski definition) is 1. The Balaban J connectivity index is 1.90. The van der Waals surface area contributed by atoms with E-state index >= 15 is 0 Å². The first-order valence-corrected chi connectivity index (χ1v) is 8.43. The fraction of sp³-hybridized carbons (Fsp3) is 0.500. The molecule has 1 aliphatic heterocycles. The van der Waals surface area contributed by atoms with Gasteiger partial charge in [0.25, 0.3) is 0 Å². The van der Waals surface area contributed by atoms with Gasteiger partial charge in [-0.1, -0.05) is 6.08 Å². The molecule has 1 fully saturated rings. The summed E-state index contributed by atoms with van der Waals surface area (Å²) in [6.45, 7) is 13.8. The quantitative estimate of drug-likeness (QED) is 0.820. The summed E-state index contributed by atoms with van der Waals surface area (Å²) >= 11 is 0. The SMILES string of the molecule is C=CCNC(=O)N1CCN(c2ccc(N(CC)CC)cc2)CC1. The minimum absolute atomic E-state index is 0.00133. The standard InChI is InChI=1S/C18H28N4O/c1-4-11-19-18(23)22-14-12-21(13-15-22)17-9-7-16(8-10-17)20(5-2)6-3/h4,7-10H,1,5-6,11-15H2,2-3H3,(H,19,23). The van der Waals surface area contributed by atoms with Crippen molar-refractivity contribution in [2.75, 3.05) is 55.6 Å². The number of urea groups is 1. The Morgan fingerprint density at radius 3 is 2.30 bits per heavy atom. The number of amides is 2. The molecule has 1 heterocycles. The molecule has 0 bridgehead atoms. The molecule has 1 aromatic rings. The summed E-state index contributed by atoms with van der Waals surface area (Å²) in [6, 6.07) is 8.74. The van der Waals surface area contributed by atoms with Crippen molar-refractivity contribution in [2.45, 2.75) is 13.8 Å². The van der Waals surface area contributed by atoms with Crippen LogP contribution < -0.4 is 15.1 Å². The zero-order valence-corrected chi connectivity index (χ0v) is 14.3. The van der Waals surface area contributed by atoms with Crippen LogP contribution in [-0.4, -0.2) is 56.7 Å². The minimum Gasteiger partial charge on any atom is -0.372 e. The molecule has 5 nitrogen and oxygen atoms in total. The molecule has 2 amide bonds. The molecule has 1 N–H and O–H groups in total. The highest BCUT2D eigenvalue weighted by Crippen LogP contribution is 2.21. The van der Waals surface area contributed by atoms with Crippen molar-refractivity contribution in [1.29, 1.82) is 0 Å². The summed E-state index contributed by atoms with van der Waals surface area (Å²) in [5.41, 5.74) is 2.49. The molecule has 0 saturated carbocycles. The van der Waals surface area contributed by atoms with E-state index < -0.39 is 0 Å². The lowest BCUT2D eigenvalue weighted by Crippen LogP contribution is -2.51. The van der Waals surface area contributed by atoms with E-state index in [1.165, 1.54) is 11.4 Å². The first kappa shape index (κ1) is 17.2. The second kappa shape index (κ2) is 8.46. The lowest BCUT2D eigenvalue weighted by Gasteiger charge is -2.36. The third-order valence-electron chi connectivity index (χ3n) is 4.31. The van der Waals surface area contributed by atoms with Crippen LogP contribution in [0.1, 0.15) is 13.8 Å². The number of piperazine rings is 1. The van der Waals surface area contributed by atoms with Gasteiger partial charge < -0.3 is 20.0 Å². The molecule has 0 unspecified atom stereocenters. The Labute approximate surface area is 139 Å². The molecule has 23 heavy (non-hydrogen) atoms. The largest absolute Gasteiger partial charge is 0.372 e. The molecule has 1 aliphatic rings. The van der Waals surface area contributed by atoms with Crippen LogP contribution in [0.2, 0.25) is 0 Å². The van der Waals surface area contributed by atoms with Crippen molar-refractivity contribution in [3.63, 3.8) is 0 Å². The van der Waals surface area contributed by atoms with Crippen molar-refractivity contribution in [1.82, 2.24) is 10.2 Å². The molecule has 2 rings (SSSR count). The van der Waals surface area contributed by atoms with Gasteiger partial charge >= 0.3 is 6.03 Å². The van der Waals surface area contributed by atoms with E-state index in [2.05, 4.69) is 59.8 Å². The van der Waals surface area contributed by atoms with Crippen LogP contribution in [0.3, 0.4) is 0 Å². The van der Waals surface area contributed by atoms with Crippen LogP contribution >= 0.6 is 0 Å². The van der Waals surface area contributed by atoms with E-state index in [0.717, 1.165) is 39.3 Å². The first-order valence-electron chi connectivity index (χ1n) is 8.43. The second-order valence-electron chi connectivity index (χ2n) is 5.64. The van der Waals surface area contributed by atoms with E-state index in [1.54, 1.807) is 6.08 Å². The average molecular weight is 316 g/mol. The maximum Gasteiger partial charge on any atom is 0.317 e. The summed E-state index contributed by atoms with van der Waals surface area (Å²) in [7, 11) is 0. The Kier molecular flexibility index (Phi) is 6.32. The van der Waals surface area contributed by atoms with Gasteiger partial charge in [-0.15, -0.1) is 6.58 Å². The van der Waals surface area contributed by atoms with Gasteiger partial charge in [0.15, 0.2) is 0 Å². The van der Waals surface area contributed by atoms with Gasteiger partial charge in [0.2, 0.25) is 0 Å². The fourth-order valence-corrected chi connectivity index (χ4v) is 2.90. The Morgan fingerprint density at radius 1 is 1.17 bits per heavy atom. The van der Waals surface area contributed by atoms with Crippen LogP contribution in [-0.2, 0) is 0 Å². The molecule has 0 spiro atoms. The lowest BCUT2D eigenvalue weighted by molar-refractivity contribution is 0.195. The highest BCUT2D eigenvalue weighted by molar-refractivity contribution is 5.74. The van der Waals surface area contributed by atoms with Gasteiger partial charge in [-0.05, 0) is 38.1 Å². The molecule has 1 aromatic carbocycles. The highest BCUT2D eigenvalue weighted by Gasteiger charge is 2.20. The van der Waals surface area contributed by atoms with Gasteiger partial charge in [-0.2, -0.15) is 0 Å². The molecule has 0 radical (unpaired) electrons. The normalized spacial score (nSPS) is 14.5. The van der Waals surface area contributed by atoms with Crippen LogP contribution in [0.25, 0.3) is 0 Å². The summed E-state index contributed by atoms with van der Waals surface area (Å²) in [5, 5.41) is 2.83. The number of rotatable bonds is 6. The fourth-order valence-electron chi connectivity index (χ4n) is 2.90. The van der Waals surface area contributed by atoms with E-state index in [-0.39, 0.29) is 6.03 Å². The van der Waals surface area contributed by atoms with Gasteiger partial charge in [0, 0.05) is 57.2 Å². The molecule has 0 aromatic heterocycles. The molecule has 0 aliphatic carbocycles. The summed E-state index contributed by atoms with van der Waals surface area (Å²) in [6.07, 6.45) is 1.70. The number of nitrogens with zero attached hydrogens (tertiary/aromatic N) is 3. The van der Waals surface area contributed by atoms with Crippen LogP contribution in [0.5, 0.6) is 0 Å². The predicted octanol–water partition coefficient (Wildman–Crippen LogP) is 2.55. The molecule has 126 valence electrons. The Bertz CT molecular complexity index is 502. The van der Waals surface area contributed by atoms with Gasteiger partial charge in [-0.25, -0.2) is 4.79 Å². The van der Waals surface area contributed by atoms with Crippen LogP contribution in [0.15, 0.2) is 36.9 Å². The highest BCUT2D eigenvalue weighted by atomic mass is 16.2. The Morgan fingerprint density at radius 2 is 1.78 bits per heavy atom. The topological polar surface area (TPSA) is 38.8 Å². The third-order valence-corrected chi connectivity index (χ3v) is 4.31. The Hall–Kier alpha value is -2.17. The van der Waals surface area contributed by atoms with Crippen molar-refractivity contribution < 1.29 is 4.79 Å². The summed E-state index contributed by atoms with van der Waals surface area (Å²) in [4.78, 5) is 18.5. The molecular weight excluding hydrogens is 288 g/mol. The van der Waals surface area contributed by atoms with Gasteiger partial charge in [0.1, 0.15) is 0 Å². The molecule has 1 saturated heterocycles. The van der Waals surface area contributed by atoms with E-state index in [0.29, 0.717) is 6.54 Å². The summed E-state index contributed by atoms with van der Waals surface area (Å²) < 4.78 is 0. The molecule has 0 atom stereocenters. The van der Waals surface area contributed by atoms with E-state index in [1.807, 2.05) is 4.90 Å². The smallest absolute Gasteiger partial charge is 0.317 e. The number of benzene rings is 1. The number of carbonyl (C=O) groups excluding carboxylic acids is 1. The molecular formula is C18H28N4O. The molecule has 5 heteroatoms. The average Bonchev–Trinajstić information content (AvgIpc) is 2.61. The number of anilines is 2. The maximum absolute atomic E-state index is 11.9. The van der Waals surface area contributed by atoms with Crippen LogP contribution in [0.4, 0.5) is 16.2 Å². The predicted molar refractivity (Wildman–Crippen MR) is 97.4 cm³/mol. The van der Waals surface area contributed by atoms with Crippen molar-refractivity contribution in [3.05, 3.63) is 36.9 Å². The van der Waals surface area contributed by atoms with Crippen molar-refractivity contribution in [3.8, 4) is 0 Å². The maximum atomic E-state index is 11.9. The summed E-state index contributed by atoms with van der Waals surface area (Å²) in [5.74, 6) is 0.